The summed E-state index contributed by atoms with van der Waals surface area (Å²) in [6, 6.07) is 1.87. The lowest BCUT2D eigenvalue weighted by atomic mass is 9.93. The van der Waals surface area contributed by atoms with Gasteiger partial charge in [-0.1, -0.05) is 20.8 Å². The van der Waals surface area contributed by atoms with E-state index >= 15 is 0 Å². The molecular formula is C18H30N2O3. The highest BCUT2D eigenvalue weighted by Gasteiger charge is 2.34. The number of nitrogens with one attached hydrogen (secondary N) is 1. The molecule has 0 saturated heterocycles. The van der Waals surface area contributed by atoms with Crippen molar-refractivity contribution >= 4 is 11.6 Å². The summed E-state index contributed by atoms with van der Waals surface area (Å²) in [5, 5.41) is 2.91. The Morgan fingerprint density at radius 2 is 2.09 bits per heavy atom. The van der Waals surface area contributed by atoms with Crippen LogP contribution in [0, 0.1) is 12.8 Å². The summed E-state index contributed by atoms with van der Waals surface area (Å²) in [4.78, 5) is 16.9. The smallest absolute Gasteiger partial charge is 0.256 e. The van der Waals surface area contributed by atoms with Crippen molar-refractivity contribution in [2.45, 2.75) is 60.0 Å². The highest BCUT2D eigenvalue weighted by molar-refractivity contribution is 5.97. The van der Waals surface area contributed by atoms with Gasteiger partial charge in [-0.05, 0) is 45.6 Å². The lowest BCUT2D eigenvalue weighted by Crippen LogP contribution is -2.44. The van der Waals surface area contributed by atoms with E-state index in [4.69, 9.17) is 9.47 Å². The Morgan fingerprint density at radius 1 is 1.39 bits per heavy atom. The van der Waals surface area contributed by atoms with Crippen molar-refractivity contribution < 1.29 is 14.3 Å². The van der Waals surface area contributed by atoms with Crippen LogP contribution in [0.3, 0.4) is 0 Å². The number of nitrogens with zero attached hydrogens (tertiary/aromatic N) is 1. The fraction of sp³-hybridized carbons (Fsp3) is 0.667. The summed E-state index contributed by atoms with van der Waals surface area (Å²) >= 11 is 0. The van der Waals surface area contributed by atoms with E-state index in [-0.39, 0.29) is 5.91 Å². The van der Waals surface area contributed by atoms with Gasteiger partial charge >= 0.3 is 0 Å². The predicted octanol–water partition coefficient (Wildman–Crippen LogP) is 3.96. The molecule has 0 aliphatic rings. The van der Waals surface area contributed by atoms with Crippen molar-refractivity contribution in [3.8, 4) is 5.88 Å². The molecule has 0 fully saturated rings. The number of rotatable bonds is 9. The zero-order valence-electron chi connectivity index (χ0n) is 15.2. The van der Waals surface area contributed by atoms with E-state index in [0.29, 0.717) is 37.1 Å². The van der Waals surface area contributed by atoms with Gasteiger partial charge in [-0.15, -0.1) is 0 Å². The average Bonchev–Trinajstić information content (AvgIpc) is 2.45. The van der Waals surface area contributed by atoms with Crippen molar-refractivity contribution in [2.24, 2.45) is 5.92 Å². The monoisotopic (exact) mass is 322 g/mol. The summed E-state index contributed by atoms with van der Waals surface area (Å²) in [6.45, 7) is 13.0. The molecule has 0 aliphatic carbocycles. The highest BCUT2D eigenvalue weighted by Crippen LogP contribution is 2.24. The van der Waals surface area contributed by atoms with Crippen LogP contribution in [0.2, 0.25) is 0 Å². The van der Waals surface area contributed by atoms with Gasteiger partial charge in [-0.3, -0.25) is 4.79 Å². The van der Waals surface area contributed by atoms with Crippen LogP contribution in [0.25, 0.3) is 0 Å². The van der Waals surface area contributed by atoms with Gasteiger partial charge in [-0.2, -0.15) is 0 Å². The molecule has 130 valence electrons. The molecule has 0 spiro atoms. The van der Waals surface area contributed by atoms with Gasteiger partial charge in [0.05, 0.1) is 18.5 Å². The normalized spacial score (nSPS) is 13.7. The standard InChI is InChI=1S/C18H30N2O3/c1-7-9-22-16-14(5)10-15(12-19-16)20-17(21)18(6,23-8-2)11-13(3)4/h10,12-13H,7-9,11H2,1-6H3,(H,20,21)/t18-/m0/s1. The molecular weight excluding hydrogens is 292 g/mol. The summed E-state index contributed by atoms with van der Waals surface area (Å²) in [7, 11) is 0. The molecule has 0 unspecified atom stereocenters. The largest absolute Gasteiger partial charge is 0.477 e. The second-order valence-electron chi connectivity index (χ2n) is 6.41. The Hall–Kier alpha value is -1.62. The second-order valence-corrected chi connectivity index (χ2v) is 6.41. The summed E-state index contributed by atoms with van der Waals surface area (Å²) in [5.74, 6) is 0.832. The minimum Gasteiger partial charge on any atom is -0.477 e. The third kappa shape index (κ3) is 5.82. The quantitative estimate of drug-likeness (QED) is 0.747. The van der Waals surface area contributed by atoms with Crippen LogP contribution in [0.1, 0.15) is 53.0 Å². The number of amides is 1. The number of aryl methyl sites for hydroxylation is 1. The van der Waals surface area contributed by atoms with E-state index in [9.17, 15) is 4.79 Å². The van der Waals surface area contributed by atoms with Crippen LogP contribution in [0.4, 0.5) is 5.69 Å². The summed E-state index contributed by atoms with van der Waals surface area (Å²) < 4.78 is 11.3. The van der Waals surface area contributed by atoms with E-state index in [1.54, 1.807) is 6.20 Å². The first-order chi connectivity index (χ1) is 10.8. The molecule has 1 heterocycles. The molecule has 1 aromatic heterocycles. The van der Waals surface area contributed by atoms with Crippen molar-refractivity contribution in [3.05, 3.63) is 17.8 Å². The second kappa shape index (κ2) is 8.87. The van der Waals surface area contributed by atoms with Crippen LogP contribution in [0.15, 0.2) is 12.3 Å². The molecule has 1 amide bonds. The third-order valence-corrected chi connectivity index (χ3v) is 3.47. The maximum Gasteiger partial charge on any atom is 0.256 e. The Labute approximate surface area is 139 Å². The Morgan fingerprint density at radius 3 is 2.61 bits per heavy atom. The van der Waals surface area contributed by atoms with Crippen molar-refractivity contribution in [2.75, 3.05) is 18.5 Å². The van der Waals surface area contributed by atoms with E-state index in [1.165, 1.54) is 0 Å². The Kier molecular flexibility index (Phi) is 7.49. The minimum atomic E-state index is -0.839. The molecule has 1 atom stereocenters. The number of pyridine rings is 1. The van der Waals surface area contributed by atoms with E-state index in [0.717, 1.165) is 12.0 Å². The fourth-order valence-electron chi connectivity index (χ4n) is 2.56. The zero-order valence-corrected chi connectivity index (χ0v) is 15.2. The maximum atomic E-state index is 12.6. The minimum absolute atomic E-state index is 0.142. The van der Waals surface area contributed by atoms with Crippen molar-refractivity contribution in [3.63, 3.8) is 0 Å². The first kappa shape index (κ1) is 19.4. The van der Waals surface area contributed by atoms with Gasteiger partial charge in [0.1, 0.15) is 5.60 Å². The number of anilines is 1. The molecule has 0 bridgehead atoms. The number of hydrogen-bond acceptors (Lipinski definition) is 4. The molecule has 0 radical (unpaired) electrons. The van der Waals surface area contributed by atoms with Gasteiger partial charge in [0.15, 0.2) is 0 Å². The van der Waals surface area contributed by atoms with Gasteiger partial charge in [0.2, 0.25) is 5.88 Å². The third-order valence-electron chi connectivity index (χ3n) is 3.47. The maximum absolute atomic E-state index is 12.6. The topological polar surface area (TPSA) is 60.5 Å². The molecule has 1 rings (SSSR count). The molecule has 5 heteroatoms. The van der Waals surface area contributed by atoms with Crippen LogP contribution in [-0.4, -0.2) is 29.7 Å². The number of hydrogen-bond donors (Lipinski definition) is 1. The lowest BCUT2D eigenvalue weighted by Gasteiger charge is -2.29. The first-order valence-electron chi connectivity index (χ1n) is 8.37. The summed E-state index contributed by atoms with van der Waals surface area (Å²) in [5.41, 5.74) is 0.720. The van der Waals surface area contributed by atoms with Crippen LogP contribution in [0.5, 0.6) is 5.88 Å². The molecule has 0 aliphatic heterocycles. The fourth-order valence-corrected chi connectivity index (χ4v) is 2.56. The Bertz CT molecular complexity index is 517. The van der Waals surface area contributed by atoms with E-state index < -0.39 is 5.60 Å². The van der Waals surface area contributed by atoms with Crippen LogP contribution >= 0.6 is 0 Å². The van der Waals surface area contributed by atoms with Crippen LogP contribution in [-0.2, 0) is 9.53 Å². The summed E-state index contributed by atoms with van der Waals surface area (Å²) in [6.07, 6.45) is 3.22. The molecule has 5 nitrogen and oxygen atoms in total. The molecule has 1 aromatic rings. The van der Waals surface area contributed by atoms with Gasteiger partial charge in [0.25, 0.3) is 5.91 Å². The highest BCUT2D eigenvalue weighted by atomic mass is 16.5. The SMILES string of the molecule is CCCOc1ncc(NC(=O)[C@](C)(CC(C)C)OCC)cc1C. The average molecular weight is 322 g/mol. The predicted molar refractivity (Wildman–Crippen MR) is 92.9 cm³/mol. The number of aromatic nitrogens is 1. The first-order valence-corrected chi connectivity index (χ1v) is 8.37. The lowest BCUT2D eigenvalue weighted by molar-refractivity contribution is -0.140. The molecule has 23 heavy (non-hydrogen) atoms. The number of ether oxygens (including phenoxy) is 2. The van der Waals surface area contributed by atoms with E-state index in [2.05, 4.69) is 24.1 Å². The van der Waals surface area contributed by atoms with Crippen molar-refractivity contribution in [1.82, 2.24) is 4.98 Å². The molecule has 0 saturated carbocycles. The molecule has 0 aromatic carbocycles. The van der Waals surface area contributed by atoms with Gasteiger partial charge in [0, 0.05) is 12.2 Å². The van der Waals surface area contributed by atoms with Gasteiger partial charge < -0.3 is 14.8 Å². The van der Waals surface area contributed by atoms with Crippen molar-refractivity contribution in [1.29, 1.82) is 0 Å². The Balaban J connectivity index is 2.84. The number of carbonyl (C=O) groups is 1. The van der Waals surface area contributed by atoms with Gasteiger partial charge in [-0.25, -0.2) is 4.98 Å². The molecule has 1 N–H and O–H groups in total. The zero-order chi connectivity index (χ0) is 17.5. The number of carbonyl (C=O) groups excluding carboxylic acids is 1. The van der Waals surface area contributed by atoms with Crippen LogP contribution < -0.4 is 10.1 Å². The van der Waals surface area contributed by atoms with E-state index in [1.807, 2.05) is 33.8 Å².